The van der Waals surface area contributed by atoms with Crippen LogP contribution in [0.15, 0.2) is 42.5 Å². The molecule has 1 unspecified atom stereocenters. The van der Waals surface area contributed by atoms with Crippen molar-refractivity contribution in [2.24, 2.45) is 17.6 Å². The van der Waals surface area contributed by atoms with Crippen molar-refractivity contribution in [1.82, 2.24) is 10.6 Å². The van der Waals surface area contributed by atoms with Crippen LogP contribution in [0.25, 0.3) is 0 Å². The van der Waals surface area contributed by atoms with Crippen molar-refractivity contribution in [3.8, 4) is 0 Å². The second-order valence-electron chi connectivity index (χ2n) is 8.53. The molecule has 1 aliphatic carbocycles. The van der Waals surface area contributed by atoms with Crippen LogP contribution in [-0.2, 0) is 10.9 Å². The summed E-state index contributed by atoms with van der Waals surface area (Å²) in [5, 5.41) is 8.92. The van der Waals surface area contributed by atoms with Gasteiger partial charge in [-0.2, -0.15) is 13.2 Å². The molecule has 2 heterocycles. The predicted octanol–water partition coefficient (Wildman–Crippen LogP) is 3.73. The third-order valence-electron chi connectivity index (χ3n) is 6.41. The minimum Gasteiger partial charge on any atom is -0.381 e. The number of benzene rings is 1. The number of carbonyl (C=O) groups is 1. The van der Waals surface area contributed by atoms with E-state index in [1.165, 1.54) is 12.1 Å². The Bertz CT molecular complexity index is 886. The number of hydrogen-bond donors (Lipinski definition) is 4. The molecule has 0 aromatic heterocycles. The zero-order chi connectivity index (χ0) is 22.7. The SMILES string of the molecule is NCCNC(=O)NC[C@H]1CC[C@@H]2[C@H](O1)c1cc(C(F)(F)F)ccc1N[C@H]2C1C=CC=CC1. The van der Waals surface area contributed by atoms with Crippen LogP contribution in [0.4, 0.5) is 23.7 Å². The van der Waals surface area contributed by atoms with E-state index in [0.29, 0.717) is 24.3 Å². The van der Waals surface area contributed by atoms with Crippen molar-refractivity contribution >= 4 is 11.7 Å². The Kier molecular flexibility index (Phi) is 6.76. The lowest BCUT2D eigenvalue weighted by atomic mass is 9.73. The summed E-state index contributed by atoms with van der Waals surface area (Å²) in [7, 11) is 0. The second kappa shape index (κ2) is 9.54. The molecule has 1 aromatic rings. The normalized spacial score (nSPS) is 28.9. The standard InChI is InChI=1S/C23H29F3N4O2/c24-23(25,26)15-6-9-19-18(12-15)21-17(20(30-19)14-4-2-1-3-5-14)8-7-16(32-21)13-29-22(31)28-11-10-27/h1-4,6,9,12,14,16-17,20-21,30H,5,7-8,10-11,13,27H2,(H2,28,29,31)/t14?,16-,17+,20+,21+/m1/s1. The minimum atomic E-state index is -4.42. The molecule has 0 bridgehead atoms. The molecule has 1 fully saturated rings. The molecule has 5 atom stereocenters. The Morgan fingerprint density at radius 3 is 2.78 bits per heavy atom. The Balaban J connectivity index is 1.56. The van der Waals surface area contributed by atoms with Gasteiger partial charge in [0.05, 0.1) is 17.8 Å². The summed E-state index contributed by atoms with van der Waals surface area (Å²) >= 11 is 0. The van der Waals surface area contributed by atoms with Gasteiger partial charge in [0, 0.05) is 48.8 Å². The summed E-state index contributed by atoms with van der Waals surface area (Å²) in [6.07, 6.45) is 5.51. The molecular formula is C23H29F3N4O2. The molecule has 32 heavy (non-hydrogen) atoms. The van der Waals surface area contributed by atoms with E-state index in [2.05, 4.69) is 28.1 Å². The summed E-state index contributed by atoms with van der Waals surface area (Å²) in [6, 6.07) is 3.56. The van der Waals surface area contributed by atoms with E-state index in [1.54, 1.807) is 0 Å². The van der Waals surface area contributed by atoms with E-state index < -0.39 is 17.8 Å². The lowest BCUT2D eigenvalue weighted by Crippen LogP contribution is -2.49. The van der Waals surface area contributed by atoms with Crippen molar-refractivity contribution in [3.63, 3.8) is 0 Å². The molecule has 0 saturated carbocycles. The molecule has 4 rings (SSSR count). The highest BCUT2D eigenvalue weighted by Crippen LogP contribution is 2.49. The molecule has 5 N–H and O–H groups in total. The Morgan fingerprint density at radius 2 is 2.06 bits per heavy atom. The van der Waals surface area contributed by atoms with Crippen LogP contribution in [0.2, 0.25) is 0 Å². The van der Waals surface area contributed by atoms with Crippen molar-refractivity contribution < 1.29 is 22.7 Å². The molecule has 2 amide bonds. The van der Waals surface area contributed by atoms with Gasteiger partial charge in [0.1, 0.15) is 0 Å². The number of alkyl halides is 3. The third kappa shape index (κ3) is 4.94. The number of anilines is 1. The van der Waals surface area contributed by atoms with E-state index in [0.717, 1.165) is 25.3 Å². The highest BCUT2D eigenvalue weighted by Gasteiger charge is 2.45. The first-order valence-corrected chi connectivity index (χ1v) is 11.0. The van der Waals surface area contributed by atoms with E-state index >= 15 is 0 Å². The average Bonchev–Trinajstić information content (AvgIpc) is 2.80. The van der Waals surface area contributed by atoms with Crippen molar-refractivity contribution in [2.75, 3.05) is 25.0 Å². The fourth-order valence-corrected chi connectivity index (χ4v) is 4.87. The predicted molar refractivity (Wildman–Crippen MR) is 116 cm³/mol. The van der Waals surface area contributed by atoms with Gasteiger partial charge in [-0.05, 0) is 37.5 Å². The first-order chi connectivity index (χ1) is 15.4. The summed E-state index contributed by atoms with van der Waals surface area (Å²) in [5.41, 5.74) is 5.93. The molecule has 1 aromatic carbocycles. The van der Waals surface area contributed by atoms with Crippen molar-refractivity contribution in [2.45, 2.75) is 43.7 Å². The minimum absolute atomic E-state index is 0.0365. The van der Waals surface area contributed by atoms with E-state index in [4.69, 9.17) is 10.5 Å². The van der Waals surface area contributed by atoms with Gasteiger partial charge in [0.15, 0.2) is 0 Å². The van der Waals surface area contributed by atoms with Crippen molar-refractivity contribution in [1.29, 1.82) is 0 Å². The maximum atomic E-state index is 13.4. The van der Waals surface area contributed by atoms with Gasteiger partial charge in [-0.1, -0.05) is 24.3 Å². The molecule has 174 valence electrons. The van der Waals surface area contributed by atoms with Gasteiger partial charge in [0.25, 0.3) is 0 Å². The monoisotopic (exact) mass is 450 g/mol. The van der Waals surface area contributed by atoms with Gasteiger partial charge < -0.3 is 26.4 Å². The van der Waals surface area contributed by atoms with Crippen LogP contribution in [-0.4, -0.2) is 37.8 Å². The Labute approximate surface area is 185 Å². The number of nitrogens with one attached hydrogen (secondary N) is 3. The first kappa shape index (κ1) is 22.7. The number of ether oxygens (including phenoxy) is 1. The quantitative estimate of drug-likeness (QED) is 0.551. The molecule has 2 aliphatic heterocycles. The van der Waals surface area contributed by atoms with E-state index in [9.17, 15) is 18.0 Å². The maximum absolute atomic E-state index is 13.4. The third-order valence-corrected chi connectivity index (χ3v) is 6.41. The number of allylic oxidation sites excluding steroid dienone is 3. The van der Waals surface area contributed by atoms with Crippen LogP contribution in [0.5, 0.6) is 0 Å². The van der Waals surface area contributed by atoms with Gasteiger partial charge in [-0.25, -0.2) is 4.79 Å². The number of nitrogens with two attached hydrogens (primary N) is 1. The van der Waals surface area contributed by atoms with Gasteiger partial charge in [-0.15, -0.1) is 0 Å². The second-order valence-corrected chi connectivity index (χ2v) is 8.53. The number of amides is 2. The highest BCUT2D eigenvalue weighted by molar-refractivity contribution is 5.73. The fourth-order valence-electron chi connectivity index (χ4n) is 4.87. The summed E-state index contributed by atoms with van der Waals surface area (Å²) in [4.78, 5) is 11.9. The summed E-state index contributed by atoms with van der Waals surface area (Å²) in [6.45, 7) is 0.999. The van der Waals surface area contributed by atoms with Crippen LogP contribution in [0.1, 0.15) is 36.5 Å². The lowest BCUT2D eigenvalue weighted by molar-refractivity contribution is -0.138. The van der Waals surface area contributed by atoms with E-state index in [-0.39, 0.29) is 36.6 Å². The molecule has 0 spiro atoms. The number of fused-ring (bicyclic) bond motifs is 3. The molecular weight excluding hydrogens is 421 g/mol. The number of carbonyl (C=O) groups excluding carboxylic acids is 1. The zero-order valence-electron chi connectivity index (χ0n) is 17.7. The first-order valence-electron chi connectivity index (χ1n) is 11.0. The largest absolute Gasteiger partial charge is 0.416 e. The highest BCUT2D eigenvalue weighted by atomic mass is 19.4. The Morgan fingerprint density at radius 1 is 1.22 bits per heavy atom. The van der Waals surface area contributed by atoms with Crippen LogP contribution >= 0.6 is 0 Å². The van der Waals surface area contributed by atoms with Crippen LogP contribution < -0.4 is 21.7 Å². The number of hydrogen-bond acceptors (Lipinski definition) is 4. The average molecular weight is 451 g/mol. The topological polar surface area (TPSA) is 88.4 Å². The molecule has 6 nitrogen and oxygen atoms in total. The van der Waals surface area contributed by atoms with Gasteiger partial charge in [-0.3, -0.25) is 0 Å². The van der Waals surface area contributed by atoms with E-state index in [1.807, 2.05) is 12.2 Å². The Hall–Kier alpha value is -2.52. The summed E-state index contributed by atoms with van der Waals surface area (Å²) in [5.74, 6) is 0.276. The molecule has 3 aliphatic rings. The van der Waals surface area contributed by atoms with Gasteiger partial charge in [0.2, 0.25) is 0 Å². The van der Waals surface area contributed by atoms with Crippen LogP contribution in [0, 0.1) is 11.8 Å². The smallest absolute Gasteiger partial charge is 0.381 e. The fraction of sp³-hybridized carbons (Fsp3) is 0.522. The lowest BCUT2D eigenvalue weighted by Gasteiger charge is -2.47. The molecule has 0 radical (unpaired) electrons. The number of halogens is 3. The zero-order valence-corrected chi connectivity index (χ0v) is 17.7. The maximum Gasteiger partial charge on any atom is 0.416 e. The molecule has 9 heteroatoms. The van der Waals surface area contributed by atoms with Crippen LogP contribution in [0.3, 0.4) is 0 Å². The van der Waals surface area contributed by atoms with Gasteiger partial charge >= 0.3 is 12.2 Å². The molecule has 1 saturated heterocycles. The number of urea groups is 1. The van der Waals surface area contributed by atoms with Crippen molar-refractivity contribution in [3.05, 3.63) is 53.6 Å². The number of rotatable bonds is 5. The summed E-state index contributed by atoms with van der Waals surface area (Å²) < 4.78 is 46.5.